The molecule has 0 unspecified atom stereocenters. The number of hydrogen-bond donors (Lipinski definition) is 0. The first-order chi connectivity index (χ1) is 12.3. The zero-order valence-electron chi connectivity index (χ0n) is 14.9. The smallest absolute Gasteiger partial charge is 0.324 e. The third-order valence-electron chi connectivity index (χ3n) is 5.01. The Morgan fingerprint density at radius 1 is 1.15 bits per heavy atom. The summed E-state index contributed by atoms with van der Waals surface area (Å²) in [5.41, 5.74) is 0.737. The number of amides is 2. The average Bonchev–Trinajstić information content (AvgIpc) is 3.21. The summed E-state index contributed by atoms with van der Waals surface area (Å²) in [5.74, 6) is 0.651. The number of anilines is 1. The van der Waals surface area contributed by atoms with Crippen LogP contribution >= 0.6 is 0 Å². The lowest BCUT2D eigenvalue weighted by molar-refractivity contribution is 0.191. The highest BCUT2D eigenvalue weighted by Crippen LogP contribution is 2.29. The second-order valence-electron chi connectivity index (χ2n) is 6.75. The van der Waals surface area contributed by atoms with Crippen LogP contribution in [0.3, 0.4) is 0 Å². The zero-order chi connectivity index (χ0) is 18.6. The van der Waals surface area contributed by atoms with Crippen molar-refractivity contribution in [3.05, 3.63) is 24.4 Å². The van der Waals surface area contributed by atoms with Gasteiger partial charge in [-0.25, -0.2) is 18.2 Å². The van der Waals surface area contributed by atoms with Crippen molar-refractivity contribution in [1.29, 1.82) is 0 Å². The van der Waals surface area contributed by atoms with Crippen LogP contribution in [0.25, 0.3) is 0 Å². The molecule has 26 heavy (non-hydrogen) atoms. The third-order valence-corrected chi connectivity index (χ3v) is 6.71. The predicted octanol–water partition coefficient (Wildman–Crippen LogP) is 0.0424. The van der Waals surface area contributed by atoms with Crippen LogP contribution in [0.2, 0.25) is 0 Å². The van der Waals surface area contributed by atoms with Gasteiger partial charge < -0.3 is 9.47 Å². The second-order valence-corrected chi connectivity index (χ2v) is 8.63. The maximum absolute atomic E-state index is 12.6. The van der Waals surface area contributed by atoms with Crippen LogP contribution in [0, 0.1) is 6.92 Å². The highest BCUT2D eigenvalue weighted by Gasteiger charge is 2.40. The van der Waals surface area contributed by atoms with E-state index in [1.807, 2.05) is 0 Å². The maximum Gasteiger partial charge on any atom is 0.324 e. The number of rotatable bonds is 4. The van der Waals surface area contributed by atoms with E-state index in [0.29, 0.717) is 32.0 Å². The minimum absolute atomic E-state index is 0.0428. The van der Waals surface area contributed by atoms with Crippen LogP contribution in [0.15, 0.2) is 23.6 Å². The van der Waals surface area contributed by atoms with Gasteiger partial charge in [0.05, 0.1) is 17.9 Å². The molecule has 2 amide bonds. The van der Waals surface area contributed by atoms with Crippen LogP contribution in [0.4, 0.5) is 10.5 Å². The minimum atomic E-state index is -3.58. The van der Waals surface area contributed by atoms with E-state index in [-0.39, 0.29) is 17.1 Å². The van der Waals surface area contributed by atoms with E-state index in [4.69, 9.17) is 0 Å². The first kappa shape index (κ1) is 17.0. The molecule has 0 aromatic carbocycles. The molecule has 0 saturated carbocycles. The number of aryl methyl sites for hydroxylation is 2. The van der Waals surface area contributed by atoms with Crippen molar-refractivity contribution in [1.82, 2.24) is 28.5 Å². The SMILES string of the molecule is Cc1nc(S(=O)(=O)N2CC(n3cc(N4CCN(C)C4=O)cn3)C2)cn1C. The third kappa shape index (κ3) is 2.58. The molecular formula is C15H21N7O3S. The number of sulfonamides is 1. The van der Waals surface area contributed by atoms with Gasteiger partial charge in [-0.05, 0) is 6.92 Å². The quantitative estimate of drug-likeness (QED) is 0.747. The standard InChI is InChI=1S/C15H21N7O3S/c1-11-17-14(10-19(11)3)26(24,25)20-7-13(8-20)22-9-12(6-16-22)21-5-4-18(2)15(21)23/h6,9-10,13H,4-5,7-8H2,1-3H3. The first-order valence-electron chi connectivity index (χ1n) is 8.34. The van der Waals surface area contributed by atoms with Crippen molar-refractivity contribution in [2.45, 2.75) is 18.0 Å². The summed E-state index contributed by atoms with van der Waals surface area (Å²) in [7, 11) is -0.0495. The van der Waals surface area contributed by atoms with E-state index in [2.05, 4.69) is 10.1 Å². The Kier molecular flexibility index (Phi) is 3.81. The van der Waals surface area contributed by atoms with E-state index in [1.165, 1.54) is 10.5 Å². The number of imidazole rings is 1. The Labute approximate surface area is 151 Å². The molecule has 2 aromatic rings. The Bertz CT molecular complexity index is 938. The van der Waals surface area contributed by atoms with E-state index in [0.717, 1.165) is 5.69 Å². The molecule has 2 saturated heterocycles. The molecule has 0 bridgehead atoms. The number of aromatic nitrogens is 4. The Hall–Kier alpha value is -2.40. The number of carbonyl (C=O) groups is 1. The number of urea groups is 1. The van der Waals surface area contributed by atoms with Crippen LogP contribution in [0.5, 0.6) is 0 Å². The fourth-order valence-electron chi connectivity index (χ4n) is 3.12. The normalized spacial score (nSPS) is 19.4. The van der Waals surface area contributed by atoms with Crippen LogP contribution in [0.1, 0.15) is 11.9 Å². The van der Waals surface area contributed by atoms with E-state index >= 15 is 0 Å². The fourth-order valence-corrected chi connectivity index (χ4v) is 4.66. The van der Waals surface area contributed by atoms with Crippen LogP contribution in [-0.2, 0) is 17.1 Å². The van der Waals surface area contributed by atoms with Gasteiger partial charge >= 0.3 is 6.03 Å². The van der Waals surface area contributed by atoms with Crippen molar-refractivity contribution in [3.8, 4) is 0 Å². The Morgan fingerprint density at radius 2 is 1.88 bits per heavy atom. The fraction of sp³-hybridized carbons (Fsp3) is 0.533. The minimum Gasteiger partial charge on any atom is -0.337 e. The van der Waals surface area contributed by atoms with Gasteiger partial charge in [0.1, 0.15) is 5.82 Å². The number of carbonyl (C=O) groups excluding carboxylic acids is 1. The molecule has 2 fully saturated rings. The number of nitrogens with zero attached hydrogens (tertiary/aromatic N) is 7. The maximum atomic E-state index is 12.6. The predicted molar refractivity (Wildman–Crippen MR) is 93.3 cm³/mol. The summed E-state index contributed by atoms with van der Waals surface area (Å²) < 4.78 is 30.0. The summed E-state index contributed by atoms with van der Waals surface area (Å²) in [6.45, 7) is 3.76. The Balaban J connectivity index is 1.44. The molecule has 2 aliphatic rings. The van der Waals surface area contributed by atoms with E-state index in [9.17, 15) is 13.2 Å². The van der Waals surface area contributed by atoms with Gasteiger partial charge in [-0.15, -0.1) is 0 Å². The van der Waals surface area contributed by atoms with Crippen molar-refractivity contribution >= 4 is 21.7 Å². The molecule has 0 radical (unpaired) electrons. The molecule has 2 aliphatic heterocycles. The molecule has 11 heteroatoms. The van der Waals surface area contributed by atoms with Gasteiger partial charge in [0.15, 0.2) is 5.03 Å². The van der Waals surface area contributed by atoms with Gasteiger partial charge in [-0.2, -0.15) is 9.40 Å². The van der Waals surface area contributed by atoms with Crippen molar-refractivity contribution < 1.29 is 13.2 Å². The Morgan fingerprint density at radius 3 is 2.46 bits per heavy atom. The highest BCUT2D eigenvalue weighted by atomic mass is 32.2. The highest BCUT2D eigenvalue weighted by molar-refractivity contribution is 7.89. The van der Waals surface area contributed by atoms with Gasteiger partial charge in [0, 0.05) is 52.7 Å². The molecule has 0 spiro atoms. The zero-order valence-corrected chi connectivity index (χ0v) is 15.7. The van der Waals surface area contributed by atoms with Gasteiger partial charge in [-0.3, -0.25) is 9.58 Å². The van der Waals surface area contributed by atoms with E-state index in [1.54, 1.807) is 52.5 Å². The largest absolute Gasteiger partial charge is 0.337 e. The number of hydrogen-bond acceptors (Lipinski definition) is 5. The summed E-state index contributed by atoms with van der Waals surface area (Å²) in [6, 6.07) is -0.0911. The topological polar surface area (TPSA) is 96.6 Å². The summed E-state index contributed by atoms with van der Waals surface area (Å²) >= 11 is 0. The lowest BCUT2D eigenvalue weighted by Crippen LogP contribution is -2.50. The summed E-state index contributed by atoms with van der Waals surface area (Å²) in [6.07, 6.45) is 4.98. The number of likely N-dealkylation sites (N-methyl/N-ethyl adjacent to an activating group) is 1. The summed E-state index contributed by atoms with van der Waals surface area (Å²) in [4.78, 5) is 19.5. The summed E-state index contributed by atoms with van der Waals surface area (Å²) in [5, 5.41) is 4.38. The lowest BCUT2D eigenvalue weighted by atomic mass is 10.2. The molecule has 4 rings (SSSR count). The van der Waals surface area contributed by atoms with Gasteiger partial charge in [-0.1, -0.05) is 0 Å². The van der Waals surface area contributed by atoms with Gasteiger partial charge in [0.25, 0.3) is 10.0 Å². The van der Waals surface area contributed by atoms with Crippen molar-refractivity contribution in [2.75, 3.05) is 38.1 Å². The van der Waals surface area contributed by atoms with Crippen molar-refractivity contribution in [2.24, 2.45) is 7.05 Å². The molecule has 10 nitrogen and oxygen atoms in total. The molecular weight excluding hydrogens is 358 g/mol. The first-order valence-corrected chi connectivity index (χ1v) is 9.78. The molecule has 140 valence electrons. The lowest BCUT2D eigenvalue weighted by Gasteiger charge is -2.37. The molecule has 4 heterocycles. The molecule has 0 aliphatic carbocycles. The monoisotopic (exact) mass is 379 g/mol. The van der Waals surface area contributed by atoms with Crippen LogP contribution in [-0.4, -0.2) is 76.2 Å². The molecule has 0 N–H and O–H groups in total. The molecule has 0 atom stereocenters. The average molecular weight is 379 g/mol. The second kappa shape index (κ2) is 5.81. The van der Waals surface area contributed by atoms with Crippen molar-refractivity contribution in [3.63, 3.8) is 0 Å². The van der Waals surface area contributed by atoms with Gasteiger partial charge in [0.2, 0.25) is 0 Å². The van der Waals surface area contributed by atoms with E-state index < -0.39 is 10.0 Å². The molecule has 2 aromatic heterocycles. The van der Waals surface area contributed by atoms with Crippen LogP contribution < -0.4 is 4.90 Å².